The smallest absolute Gasteiger partial charge is 0.130 e. The molecule has 2 aliphatic heterocycles. The van der Waals surface area contributed by atoms with Crippen LogP contribution >= 0.6 is 0 Å². The maximum Gasteiger partial charge on any atom is 0.130 e. The first-order valence-electron chi connectivity index (χ1n) is 7.47. The van der Waals surface area contributed by atoms with E-state index in [9.17, 15) is 8.78 Å². The normalized spacial score (nSPS) is 30.8. The number of fused-ring (bicyclic) bond motifs is 2. The van der Waals surface area contributed by atoms with Gasteiger partial charge in [0.2, 0.25) is 0 Å². The third-order valence-electron chi connectivity index (χ3n) is 5.05. The molecule has 2 nitrogen and oxygen atoms in total. The van der Waals surface area contributed by atoms with E-state index in [-0.39, 0.29) is 6.04 Å². The van der Waals surface area contributed by atoms with Crippen LogP contribution in [0.4, 0.5) is 8.78 Å². The lowest BCUT2D eigenvalue weighted by Crippen LogP contribution is -2.47. The van der Waals surface area contributed by atoms with Gasteiger partial charge in [0.25, 0.3) is 0 Å². The van der Waals surface area contributed by atoms with Crippen LogP contribution in [-0.2, 0) is 0 Å². The van der Waals surface area contributed by atoms with Crippen molar-refractivity contribution in [3.8, 4) is 0 Å². The third kappa shape index (κ3) is 2.59. The highest BCUT2D eigenvalue weighted by atomic mass is 19.1. The highest BCUT2D eigenvalue weighted by molar-refractivity contribution is 5.22. The minimum Gasteiger partial charge on any atom is -0.311 e. The fraction of sp³-hybridized carbons (Fsp3) is 0.625. The van der Waals surface area contributed by atoms with Gasteiger partial charge in [-0.3, -0.25) is 4.90 Å². The maximum atomic E-state index is 13.9. The molecule has 3 unspecified atom stereocenters. The number of benzene rings is 1. The van der Waals surface area contributed by atoms with E-state index in [0.29, 0.717) is 23.7 Å². The summed E-state index contributed by atoms with van der Waals surface area (Å²) in [6.45, 7) is 2.00. The second-order valence-electron chi connectivity index (χ2n) is 6.27. The quantitative estimate of drug-likeness (QED) is 0.914. The van der Waals surface area contributed by atoms with E-state index in [1.54, 1.807) is 6.07 Å². The summed E-state index contributed by atoms with van der Waals surface area (Å²) in [5.74, 6) is -0.956. The Kier molecular flexibility index (Phi) is 3.78. The van der Waals surface area contributed by atoms with Gasteiger partial charge in [-0.05, 0) is 45.7 Å². The Bertz CT molecular complexity index is 479. The molecule has 2 fully saturated rings. The lowest BCUT2D eigenvalue weighted by Gasteiger charge is -2.39. The zero-order valence-electron chi connectivity index (χ0n) is 12.1. The molecule has 4 heteroatoms. The number of halogens is 2. The number of piperidine rings is 1. The standard InChI is InChI=1S/C16H22F2N2/c1-10(15-6-3-11(17)7-16(15)18)20(2)14-8-12-4-5-13(9-14)19-12/h3,6-7,10,12-14,19H,4-5,8-9H2,1-2H3. The monoisotopic (exact) mass is 280 g/mol. The molecular formula is C16H22F2N2. The molecule has 0 aliphatic carbocycles. The second kappa shape index (κ2) is 5.41. The van der Waals surface area contributed by atoms with E-state index in [4.69, 9.17) is 0 Å². The minimum absolute atomic E-state index is 0.0295. The summed E-state index contributed by atoms with van der Waals surface area (Å²) in [5, 5.41) is 3.62. The Hall–Kier alpha value is -1.00. The Morgan fingerprint density at radius 1 is 1.20 bits per heavy atom. The molecule has 1 N–H and O–H groups in total. The molecular weight excluding hydrogens is 258 g/mol. The molecule has 110 valence electrons. The van der Waals surface area contributed by atoms with Crippen LogP contribution in [0.15, 0.2) is 18.2 Å². The Balaban J connectivity index is 1.74. The summed E-state index contributed by atoms with van der Waals surface area (Å²) in [7, 11) is 2.06. The predicted molar refractivity (Wildman–Crippen MR) is 75.5 cm³/mol. The summed E-state index contributed by atoms with van der Waals surface area (Å²) in [6, 6.07) is 5.58. The van der Waals surface area contributed by atoms with Crippen LogP contribution in [0.2, 0.25) is 0 Å². The van der Waals surface area contributed by atoms with Crippen LogP contribution in [0, 0.1) is 11.6 Å². The van der Waals surface area contributed by atoms with Crippen molar-refractivity contribution in [3.63, 3.8) is 0 Å². The van der Waals surface area contributed by atoms with Crippen molar-refractivity contribution in [2.24, 2.45) is 0 Å². The SMILES string of the molecule is CC(c1ccc(F)cc1F)N(C)C1CC2CCC(C1)N2. The van der Waals surface area contributed by atoms with Crippen molar-refractivity contribution in [1.29, 1.82) is 0 Å². The molecule has 2 heterocycles. The van der Waals surface area contributed by atoms with Crippen molar-refractivity contribution in [1.82, 2.24) is 10.2 Å². The van der Waals surface area contributed by atoms with Gasteiger partial charge in [-0.2, -0.15) is 0 Å². The first-order chi connectivity index (χ1) is 9.54. The molecule has 0 amide bonds. The van der Waals surface area contributed by atoms with Gasteiger partial charge in [-0.15, -0.1) is 0 Å². The zero-order chi connectivity index (χ0) is 14.3. The highest BCUT2D eigenvalue weighted by Gasteiger charge is 2.36. The Morgan fingerprint density at radius 3 is 2.45 bits per heavy atom. The number of nitrogens with one attached hydrogen (secondary N) is 1. The summed E-state index contributed by atoms with van der Waals surface area (Å²) in [5.41, 5.74) is 0.583. The molecule has 20 heavy (non-hydrogen) atoms. The lowest BCUT2D eigenvalue weighted by molar-refractivity contribution is 0.130. The van der Waals surface area contributed by atoms with Crippen LogP contribution in [0.25, 0.3) is 0 Å². The fourth-order valence-corrected chi connectivity index (χ4v) is 3.74. The summed E-state index contributed by atoms with van der Waals surface area (Å²) >= 11 is 0. The fourth-order valence-electron chi connectivity index (χ4n) is 3.74. The van der Waals surface area contributed by atoms with Crippen molar-refractivity contribution in [2.75, 3.05) is 7.05 Å². The average Bonchev–Trinajstić information content (AvgIpc) is 2.76. The van der Waals surface area contributed by atoms with Crippen molar-refractivity contribution < 1.29 is 8.78 Å². The molecule has 3 rings (SSSR count). The number of rotatable bonds is 3. The van der Waals surface area contributed by atoms with Crippen LogP contribution in [0.3, 0.4) is 0 Å². The van der Waals surface area contributed by atoms with Crippen LogP contribution < -0.4 is 5.32 Å². The molecule has 0 aromatic heterocycles. The second-order valence-corrected chi connectivity index (χ2v) is 6.27. The third-order valence-corrected chi connectivity index (χ3v) is 5.05. The molecule has 2 bridgehead atoms. The highest BCUT2D eigenvalue weighted by Crippen LogP contribution is 2.33. The molecule has 0 spiro atoms. The molecule has 1 aromatic rings. The number of hydrogen-bond acceptors (Lipinski definition) is 2. The van der Waals surface area contributed by atoms with E-state index >= 15 is 0 Å². The molecule has 2 aliphatic rings. The first kappa shape index (κ1) is 14.0. The van der Waals surface area contributed by atoms with Gasteiger partial charge in [0.15, 0.2) is 0 Å². The van der Waals surface area contributed by atoms with Crippen molar-refractivity contribution in [2.45, 2.75) is 56.8 Å². The minimum atomic E-state index is -0.513. The summed E-state index contributed by atoms with van der Waals surface area (Å²) in [6.07, 6.45) is 4.77. The molecule has 2 saturated heterocycles. The molecule has 0 radical (unpaired) electrons. The van der Waals surface area contributed by atoms with E-state index < -0.39 is 11.6 Å². The van der Waals surface area contributed by atoms with E-state index in [0.717, 1.165) is 18.9 Å². The van der Waals surface area contributed by atoms with Crippen molar-refractivity contribution in [3.05, 3.63) is 35.4 Å². The van der Waals surface area contributed by atoms with Gasteiger partial charge in [0.1, 0.15) is 11.6 Å². The van der Waals surface area contributed by atoms with Gasteiger partial charge in [-0.25, -0.2) is 8.78 Å². The van der Waals surface area contributed by atoms with Crippen LogP contribution in [-0.4, -0.2) is 30.1 Å². The van der Waals surface area contributed by atoms with Crippen molar-refractivity contribution >= 4 is 0 Å². The van der Waals surface area contributed by atoms with E-state index in [2.05, 4.69) is 17.3 Å². The molecule has 0 saturated carbocycles. The first-order valence-corrected chi connectivity index (χ1v) is 7.47. The van der Waals surface area contributed by atoms with Gasteiger partial charge >= 0.3 is 0 Å². The Morgan fingerprint density at radius 2 is 1.85 bits per heavy atom. The predicted octanol–water partition coefficient (Wildman–Crippen LogP) is 3.24. The number of hydrogen-bond donors (Lipinski definition) is 1. The van der Waals surface area contributed by atoms with Gasteiger partial charge < -0.3 is 5.32 Å². The van der Waals surface area contributed by atoms with E-state index in [1.165, 1.54) is 18.9 Å². The molecule has 3 atom stereocenters. The Labute approximate surface area is 119 Å². The maximum absolute atomic E-state index is 13.9. The van der Waals surface area contributed by atoms with E-state index in [1.807, 2.05) is 6.92 Å². The lowest BCUT2D eigenvalue weighted by atomic mass is 9.95. The zero-order valence-corrected chi connectivity index (χ0v) is 12.1. The van der Waals surface area contributed by atoms with Crippen LogP contribution in [0.1, 0.15) is 44.2 Å². The summed E-state index contributed by atoms with van der Waals surface area (Å²) in [4.78, 5) is 2.25. The van der Waals surface area contributed by atoms with Gasteiger partial charge in [0, 0.05) is 35.8 Å². The van der Waals surface area contributed by atoms with Gasteiger partial charge in [-0.1, -0.05) is 6.07 Å². The molecule has 1 aromatic carbocycles. The topological polar surface area (TPSA) is 15.3 Å². The summed E-state index contributed by atoms with van der Waals surface area (Å²) < 4.78 is 26.9. The average molecular weight is 280 g/mol. The largest absolute Gasteiger partial charge is 0.311 e. The van der Waals surface area contributed by atoms with Crippen LogP contribution in [0.5, 0.6) is 0 Å². The van der Waals surface area contributed by atoms with Gasteiger partial charge in [0.05, 0.1) is 0 Å². The number of nitrogens with zero attached hydrogens (tertiary/aromatic N) is 1.